The van der Waals surface area contributed by atoms with E-state index >= 15 is 0 Å². The molecule has 0 heterocycles. The molecule has 0 aromatic carbocycles. The summed E-state index contributed by atoms with van der Waals surface area (Å²) >= 11 is 0. The minimum Gasteiger partial charge on any atom is 0 e. The molecule has 0 nitrogen and oxygen atoms in total. The normalized spacial score (nSPS) is 0. The van der Waals surface area contributed by atoms with E-state index in [9.17, 15) is 0 Å². The predicted molar refractivity (Wildman–Crippen MR) is 40.3 cm³/mol. The van der Waals surface area contributed by atoms with Gasteiger partial charge in [-0.25, -0.2) is 0 Å². The molecule has 0 fully saturated rings. The van der Waals surface area contributed by atoms with E-state index in [1.165, 1.54) is 0 Å². The van der Waals surface area contributed by atoms with E-state index in [1.807, 2.05) is 0 Å². The third kappa shape index (κ3) is 31.3. The zero-order valence-corrected chi connectivity index (χ0v) is 28.5. The first-order valence-electron chi connectivity index (χ1n) is 0. The maximum absolute atomic E-state index is 0. The molecule has 0 aliphatic rings. The summed E-state index contributed by atoms with van der Waals surface area (Å²) in [7, 11) is 0. The van der Waals surface area contributed by atoms with Gasteiger partial charge in [-0.15, -0.1) is 0 Å². The van der Waals surface area contributed by atoms with E-state index in [0.29, 0.717) is 0 Å². The van der Waals surface area contributed by atoms with Crippen molar-refractivity contribution >= 4 is 261 Å². The van der Waals surface area contributed by atoms with Crippen molar-refractivity contribution in [1.29, 1.82) is 0 Å². The Balaban J connectivity index is 0. The molecule has 0 N–H and O–H groups in total. The van der Waals surface area contributed by atoms with Crippen molar-refractivity contribution in [3.63, 3.8) is 0 Å². The van der Waals surface area contributed by atoms with Crippen LogP contribution in [0.4, 0.5) is 0 Å². The molecule has 0 aromatic rings. The SMILES string of the molecule is [Bi].[Bi].[Bi].[Sr].[Sr].[Sr].[Sr]. The van der Waals surface area contributed by atoms with Crippen LogP contribution in [-0.4, -0.2) is 261 Å². The molecule has 23 valence electrons. The fourth-order valence-electron chi connectivity index (χ4n) is 0. The second-order valence-electron chi connectivity index (χ2n) is 0. The van der Waals surface area contributed by atoms with E-state index in [1.54, 1.807) is 0 Å². The van der Waals surface area contributed by atoms with Crippen LogP contribution in [0, 0.1) is 0 Å². The summed E-state index contributed by atoms with van der Waals surface area (Å²) in [5.74, 6) is 0. The Hall–Kier alpha value is 8.57. The van der Waals surface area contributed by atoms with Crippen molar-refractivity contribution in [2.75, 3.05) is 0 Å². The second kappa shape index (κ2) is 36.5. The molecule has 0 saturated carbocycles. The van der Waals surface area contributed by atoms with E-state index < -0.39 is 0 Å². The topological polar surface area (TPSA) is 0 Å². The molecule has 0 saturated heterocycles. The molecule has 0 aliphatic carbocycles. The van der Waals surface area contributed by atoms with Crippen LogP contribution in [0.3, 0.4) is 0 Å². The largest absolute Gasteiger partial charge is 0 e. The Bertz CT molecular complexity index is 6.90. The Kier molecular flexibility index (Phi) is 235. The fourth-order valence-corrected chi connectivity index (χ4v) is 0. The summed E-state index contributed by atoms with van der Waals surface area (Å²) in [4.78, 5) is 0. The van der Waals surface area contributed by atoms with E-state index in [-0.39, 0.29) is 261 Å². The van der Waals surface area contributed by atoms with Gasteiger partial charge in [-0.05, 0) is 0 Å². The van der Waals surface area contributed by atoms with Gasteiger partial charge >= 0.3 is 0 Å². The Morgan fingerprint density at radius 3 is 0.286 bits per heavy atom. The van der Waals surface area contributed by atoms with Crippen LogP contribution in [0.2, 0.25) is 0 Å². The molecule has 0 unspecified atom stereocenters. The Morgan fingerprint density at radius 2 is 0.286 bits per heavy atom. The van der Waals surface area contributed by atoms with Gasteiger partial charge in [-0.2, -0.15) is 0 Å². The third-order valence-electron chi connectivity index (χ3n) is 0. The summed E-state index contributed by atoms with van der Waals surface area (Å²) in [6.07, 6.45) is 0. The molecule has 0 aliphatic heterocycles. The van der Waals surface area contributed by atoms with Crippen molar-refractivity contribution < 1.29 is 0 Å². The van der Waals surface area contributed by atoms with Crippen LogP contribution in [0.1, 0.15) is 0 Å². The van der Waals surface area contributed by atoms with Crippen molar-refractivity contribution in [2.45, 2.75) is 0 Å². The first kappa shape index (κ1) is 45.0. The predicted octanol–water partition coefficient (Wildman–Crippen LogP) is -2.67. The summed E-state index contributed by atoms with van der Waals surface area (Å²) in [5.41, 5.74) is 0. The summed E-state index contributed by atoms with van der Waals surface area (Å²) < 4.78 is 0. The molecule has 0 aromatic heterocycles. The Morgan fingerprint density at radius 1 is 0.286 bits per heavy atom. The van der Waals surface area contributed by atoms with Gasteiger partial charge in [-0.3, -0.25) is 0 Å². The van der Waals surface area contributed by atoms with Gasteiger partial charge in [0, 0.05) is 261 Å². The molecule has 0 atom stereocenters. The van der Waals surface area contributed by atoms with Crippen LogP contribution >= 0.6 is 0 Å². The average Bonchev–Trinajstić information content (AvgIpc) is 0. The Labute approximate surface area is 251 Å². The minimum absolute atomic E-state index is 0. The van der Waals surface area contributed by atoms with Crippen LogP contribution in [0.15, 0.2) is 0 Å². The molecular formula is Bi3Sr4. The quantitative estimate of drug-likeness (QED) is 0.233. The molecule has 0 spiro atoms. The molecule has 7 heavy (non-hydrogen) atoms. The molecule has 7 heteroatoms. The maximum atomic E-state index is 0. The van der Waals surface area contributed by atoms with Gasteiger partial charge in [0.25, 0.3) is 0 Å². The van der Waals surface area contributed by atoms with E-state index in [0.717, 1.165) is 0 Å². The van der Waals surface area contributed by atoms with Gasteiger partial charge in [0.2, 0.25) is 0 Å². The van der Waals surface area contributed by atoms with Crippen molar-refractivity contribution in [3.8, 4) is 0 Å². The minimum atomic E-state index is 0. The van der Waals surface area contributed by atoms with Crippen molar-refractivity contribution in [3.05, 3.63) is 0 Å². The summed E-state index contributed by atoms with van der Waals surface area (Å²) in [6.45, 7) is 0. The van der Waals surface area contributed by atoms with Gasteiger partial charge in [0.05, 0.1) is 0 Å². The summed E-state index contributed by atoms with van der Waals surface area (Å²) in [6, 6.07) is 0. The van der Waals surface area contributed by atoms with Crippen molar-refractivity contribution in [1.82, 2.24) is 0 Å². The molecule has 0 rings (SSSR count). The first-order chi connectivity index (χ1) is 0. The van der Waals surface area contributed by atoms with E-state index in [2.05, 4.69) is 0 Å². The summed E-state index contributed by atoms with van der Waals surface area (Å²) in [5, 5.41) is 0. The second-order valence-corrected chi connectivity index (χ2v) is 0. The third-order valence-corrected chi connectivity index (χ3v) is 0. The standard InChI is InChI=1S/3Bi.4Sr. The first-order valence-corrected chi connectivity index (χ1v) is 0. The van der Waals surface area contributed by atoms with Gasteiger partial charge < -0.3 is 0 Å². The molecule has 17 radical (unpaired) electrons. The van der Waals surface area contributed by atoms with Gasteiger partial charge in [-0.1, -0.05) is 0 Å². The van der Waals surface area contributed by atoms with Crippen molar-refractivity contribution in [2.24, 2.45) is 0 Å². The zero-order chi connectivity index (χ0) is 0. The fraction of sp³-hybridized carbons (Fsp3) is 0. The van der Waals surface area contributed by atoms with Crippen LogP contribution in [-0.2, 0) is 0 Å². The molecule has 0 amide bonds. The number of hydrogen-bond donors (Lipinski definition) is 0. The van der Waals surface area contributed by atoms with Crippen LogP contribution in [0.25, 0.3) is 0 Å². The average molecular weight is 977 g/mol. The molecular weight excluding hydrogens is 977 g/mol. The zero-order valence-electron chi connectivity index (χ0n) is 4.17. The van der Waals surface area contributed by atoms with Gasteiger partial charge in [0.1, 0.15) is 0 Å². The smallest absolute Gasteiger partial charge is 0 e. The van der Waals surface area contributed by atoms with E-state index in [4.69, 9.17) is 0 Å². The van der Waals surface area contributed by atoms with Gasteiger partial charge in [0.15, 0.2) is 0 Å². The number of hydrogen-bond acceptors (Lipinski definition) is 0. The molecule has 0 bridgehead atoms. The van der Waals surface area contributed by atoms with Crippen LogP contribution in [0.5, 0.6) is 0 Å². The monoisotopic (exact) mass is 979 g/mol. The number of rotatable bonds is 0. The van der Waals surface area contributed by atoms with Crippen LogP contribution < -0.4 is 0 Å². The maximum Gasteiger partial charge on any atom is 0 e.